The van der Waals surface area contributed by atoms with Gasteiger partial charge in [-0.3, -0.25) is 9.59 Å². The number of para-hydroxylation sites is 1. The van der Waals surface area contributed by atoms with Crippen LogP contribution in [-0.4, -0.2) is 11.8 Å². The third kappa shape index (κ3) is 4.40. The molecule has 2 amide bonds. The zero-order chi connectivity index (χ0) is 17.8. The Balaban J connectivity index is 1.52. The first-order valence-corrected chi connectivity index (χ1v) is 8.84. The Morgan fingerprint density at radius 1 is 1.24 bits per heavy atom. The molecule has 0 spiro atoms. The minimum Gasteiger partial charge on any atom is -0.350 e. The van der Waals surface area contributed by atoms with Crippen molar-refractivity contribution >= 4 is 29.1 Å². The Morgan fingerprint density at radius 3 is 2.72 bits per heavy atom. The normalized spacial score (nSPS) is 17.4. The second-order valence-electron chi connectivity index (χ2n) is 6.43. The van der Waals surface area contributed by atoms with Crippen LogP contribution in [-0.2, 0) is 16.0 Å². The molecule has 1 heterocycles. The second kappa shape index (κ2) is 7.70. The predicted octanol–water partition coefficient (Wildman–Crippen LogP) is 4.11. The van der Waals surface area contributed by atoms with Gasteiger partial charge in [0.1, 0.15) is 0 Å². The number of hydrogen-bond donors (Lipinski definition) is 2. The first-order chi connectivity index (χ1) is 12.0. The highest BCUT2D eigenvalue weighted by molar-refractivity contribution is 6.30. The van der Waals surface area contributed by atoms with Crippen molar-refractivity contribution in [3.63, 3.8) is 0 Å². The molecular weight excluding hydrogens is 336 g/mol. The fourth-order valence-corrected chi connectivity index (χ4v) is 3.23. The maximum Gasteiger partial charge on any atom is 0.227 e. The van der Waals surface area contributed by atoms with Crippen molar-refractivity contribution in [3.8, 4) is 0 Å². The molecular formula is C20H21ClN2O2. The van der Waals surface area contributed by atoms with E-state index in [9.17, 15) is 9.59 Å². The van der Waals surface area contributed by atoms with Crippen LogP contribution in [0.3, 0.4) is 0 Å². The maximum atomic E-state index is 12.2. The van der Waals surface area contributed by atoms with Gasteiger partial charge >= 0.3 is 0 Å². The van der Waals surface area contributed by atoms with Crippen molar-refractivity contribution < 1.29 is 9.59 Å². The summed E-state index contributed by atoms with van der Waals surface area (Å²) in [6.07, 6.45) is 1.56. The Labute approximate surface area is 152 Å². The van der Waals surface area contributed by atoms with Crippen LogP contribution >= 0.6 is 11.6 Å². The minimum atomic E-state index is -0.161. The van der Waals surface area contributed by atoms with Crippen LogP contribution in [0.5, 0.6) is 0 Å². The lowest BCUT2D eigenvalue weighted by molar-refractivity contribution is -0.123. The molecule has 4 nitrogen and oxygen atoms in total. The number of rotatable bonds is 5. The van der Waals surface area contributed by atoms with E-state index in [1.165, 1.54) is 0 Å². The summed E-state index contributed by atoms with van der Waals surface area (Å²) in [5.41, 5.74) is 3.01. The number of carbonyl (C=O) groups excluding carboxylic acids is 2. The largest absolute Gasteiger partial charge is 0.350 e. The van der Waals surface area contributed by atoms with E-state index in [0.29, 0.717) is 24.3 Å². The van der Waals surface area contributed by atoms with Gasteiger partial charge in [-0.15, -0.1) is 0 Å². The van der Waals surface area contributed by atoms with E-state index in [-0.39, 0.29) is 23.8 Å². The smallest absolute Gasteiger partial charge is 0.227 e. The molecule has 0 aromatic heterocycles. The number of halogens is 1. The van der Waals surface area contributed by atoms with Crippen molar-refractivity contribution in [3.05, 3.63) is 64.7 Å². The highest BCUT2D eigenvalue weighted by atomic mass is 35.5. The monoisotopic (exact) mass is 356 g/mol. The average Bonchev–Trinajstić information content (AvgIpc) is 2.60. The van der Waals surface area contributed by atoms with E-state index in [1.54, 1.807) is 0 Å². The van der Waals surface area contributed by atoms with Crippen molar-refractivity contribution in [1.82, 2.24) is 5.32 Å². The van der Waals surface area contributed by atoms with Gasteiger partial charge in [0.25, 0.3) is 0 Å². The quantitative estimate of drug-likeness (QED) is 0.847. The van der Waals surface area contributed by atoms with E-state index in [1.807, 2.05) is 55.5 Å². The highest BCUT2D eigenvalue weighted by Crippen LogP contribution is 2.27. The number of nitrogens with one attached hydrogen (secondary N) is 2. The fraction of sp³-hybridized carbons (Fsp3) is 0.300. The molecule has 3 rings (SSSR count). The second-order valence-corrected chi connectivity index (χ2v) is 6.86. The highest BCUT2D eigenvalue weighted by Gasteiger charge is 2.26. The summed E-state index contributed by atoms with van der Waals surface area (Å²) in [4.78, 5) is 24.4. The molecule has 0 aliphatic carbocycles. The fourth-order valence-electron chi connectivity index (χ4n) is 3.10. The summed E-state index contributed by atoms with van der Waals surface area (Å²) < 4.78 is 0. The van der Waals surface area contributed by atoms with Gasteiger partial charge in [-0.25, -0.2) is 0 Å². The summed E-state index contributed by atoms with van der Waals surface area (Å²) in [5.74, 6) is -0.210. The third-order valence-electron chi connectivity index (χ3n) is 4.58. The van der Waals surface area contributed by atoms with Crippen molar-refractivity contribution in [1.29, 1.82) is 0 Å². The molecule has 0 saturated carbocycles. The standard InChI is InChI=1S/C20H21ClN2O2/c1-13(14-6-9-17(21)10-7-14)22-19(24)11-8-16-12-15-4-2-3-5-18(15)23-20(16)25/h2-7,9-10,13,16H,8,11-12H2,1H3,(H,22,24)(H,23,25). The third-order valence-corrected chi connectivity index (χ3v) is 4.83. The number of carbonyl (C=O) groups is 2. The number of amides is 2. The predicted molar refractivity (Wildman–Crippen MR) is 99.5 cm³/mol. The van der Waals surface area contributed by atoms with Crippen LogP contribution in [0.2, 0.25) is 5.02 Å². The van der Waals surface area contributed by atoms with Gasteiger partial charge < -0.3 is 10.6 Å². The molecule has 2 aromatic rings. The maximum absolute atomic E-state index is 12.2. The molecule has 0 radical (unpaired) electrons. The first kappa shape index (κ1) is 17.5. The van der Waals surface area contributed by atoms with Gasteiger partial charge in [0.05, 0.1) is 6.04 Å². The molecule has 0 saturated heterocycles. The molecule has 0 fully saturated rings. The van der Waals surface area contributed by atoms with E-state index in [4.69, 9.17) is 11.6 Å². The Morgan fingerprint density at radius 2 is 1.96 bits per heavy atom. The molecule has 2 atom stereocenters. The van der Waals surface area contributed by atoms with E-state index < -0.39 is 0 Å². The van der Waals surface area contributed by atoms with Gasteiger partial charge in [-0.1, -0.05) is 41.9 Å². The lowest BCUT2D eigenvalue weighted by Gasteiger charge is -2.24. The van der Waals surface area contributed by atoms with Crippen LogP contribution < -0.4 is 10.6 Å². The molecule has 1 aliphatic rings. The molecule has 2 aromatic carbocycles. The van der Waals surface area contributed by atoms with Crippen LogP contribution in [0.25, 0.3) is 0 Å². The summed E-state index contributed by atoms with van der Waals surface area (Å²) >= 11 is 5.88. The average molecular weight is 357 g/mol. The topological polar surface area (TPSA) is 58.2 Å². The van der Waals surface area contributed by atoms with Crippen molar-refractivity contribution in [2.75, 3.05) is 5.32 Å². The summed E-state index contributed by atoms with van der Waals surface area (Å²) in [7, 11) is 0. The number of hydrogen-bond acceptors (Lipinski definition) is 2. The van der Waals surface area contributed by atoms with Crippen LogP contribution in [0.1, 0.15) is 36.9 Å². The molecule has 2 unspecified atom stereocenters. The van der Waals surface area contributed by atoms with Crippen molar-refractivity contribution in [2.45, 2.75) is 32.2 Å². The molecule has 25 heavy (non-hydrogen) atoms. The first-order valence-electron chi connectivity index (χ1n) is 8.46. The Hall–Kier alpha value is -2.33. The summed E-state index contributed by atoms with van der Waals surface area (Å²) in [6, 6.07) is 15.1. The molecule has 130 valence electrons. The van der Waals surface area contributed by atoms with Crippen LogP contribution in [0.4, 0.5) is 5.69 Å². The Bertz CT molecular complexity index is 774. The molecule has 0 bridgehead atoms. The summed E-state index contributed by atoms with van der Waals surface area (Å²) in [5, 5.41) is 6.57. The van der Waals surface area contributed by atoms with Gasteiger partial charge in [0.2, 0.25) is 11.8 Å². The van der Waals surface area contributed by atoms with Crippen LogP contribution in [0.15, 0.2) is 48.5 Å². The zero-order valence-electron chi connectivity index (χ0n) is 14.1. The van der Waals surface area contributed by atoms with Crippen LogP contribution in [0, 0.1) is 5.92 Å². The van der Waals surface area contributed by atoms with Gasteiger partial charge in [0, 0.05) is 23.0 Å². The van der Waals surface area contributed by atoms with E-state index in [2.05, 4.69) is 10.6 Å². The van der Waals surface area contributed by atoms with Crippen molar-refractivity contribution in [2.24, 2.45) is 5.92 Å². The Kier molecular flexibility index (Phi) is 5.39. The van der Waals surface area contributed by atoms with Gasteiger partial charge in [-0.2, -0.15) is 0 Å². The van der Waals surface area contributed by atoms with Gasteiger partial charge in [0.15, 0.2) is 0 Å². The lowest BCUT2D eigenvalue weighted by atomic mass is 9.89. The molecule has 2 N–H and O–H groups in total. The number of anilines is 1. The van der Waals surface area contributed by atoms with E-state index >= 15 is 0 Å². The SMILES string of the molecule is CC(NC(=O)CCC1Cc2ccccc2NC1=O)c1ccc(Cl)cc1. The zero-order valence-corrected chi connectivity index (χ0v) is 14.8. The van der Waals surface area contributed by atoms with Gasteiger partial charge in [-0.05, 0) is 49.1 Å². The number of benzene rings is 2. The number of fused-ring (bicyclic) bond motifs is 1. The minimum absolute atomic E-state index is 0.00255. The van der Waals surface area contributed by atoms with E-state index in [0.717, 1.165) is 16.8 Å². The molecule has 5 heteroatoms. The summed E-state index contributed by atoms with van der Waals surface area (Å²) in [6.45, 7) is 1.94. The lowest BCUT2D eigenvalue weighted by Crippen LogP contribution is -2.32. The molecule has 1 aliphatic heterocycles.